The van der Waals surface area contributed by atoms with Gasteiger partial charge in [-0.25, -0.2) is 0 Å². The lowest BCUT2D eigenvalue weighted by Crippen LogP contribution is -2.44. The molecule has 0 bridgehead atoms. The molecule has 114 valence electrons. The summed E-state index contributed by atoms with van der Waals surface area (Å²) in [5.74, 6) is 0.623. The highest BCUT2D eigenvalue weighted by atomic mass is 16.2. The van der Waals surface area contributed by atoms with Gasteiger partial charge in [-0.2, -0.15) is 0 Å². The number of hydrogen-bond acceptors (Lipinski definition) is 2. The second-order valence-corrected chi connectivity index (χ2v) is 6.16. The molecule has 1 aromatic heterocycles. The minimum absolute atomic E-state index is 0.131. The van der Waals surface area contributed by atoms with E-state index in [1.54, 1.807) is 4.90 Å². The molecule has 0 radical (unpaired) electrons. The summed E-state index contributed by atoms with van der Waals surface area (Å²) in [4.78, 5) is 17.2. The van der Waals surface area contributed by atoms with Crippen LogP contribution < -0.4 is 5.32 Å². The van der Waals surface area contributed by atoms with Crippen LogP contribution in [0, 0.1) is 5.92 Å². The third-order valence-electron chi connectivity index (χ3n) is 3.66. The molecule has 2 aromatic rings. The smallest absolute Gasteiger partial charge is 0.239 e. The van der Waals surface area contributed by atoms with Crippen molar-refractivity contribution in [3.05, 3.63) is 36.0 Å². The van der Waals surface area contributed by atoms with Gasteiger partial charge in [0.2, 0.25) is 5.91 Å². The average Bonchev–Trinajstić information content (AvgIpc) is 2.85. The summed E-state index contributed by atoms with van der Waals surface area (Å²) in [5.41, 5.74) is 2.33. The number of carbonyl (C=O) groups excluding carboxylic acids is 1. The number of para-hydroxylation sites is 1. The molecule has 4 nitrogen and oxygen atoms in total. The van der Waals surface area contributed by atoms with Crippen LogP contribution in [0.4, 0.5) is 0 Å². The van der Waals surface area contributed by atoms with Gasteiger partial charge in [-0.05, 0) is 24.0 Å². The van der Waals surface area contributed by atoms with Gasteiger partial charge in [0.25, 0.3) is 0 Å². The van der Waals surface area contributed by atoms with Gasteiger partial charge in [0, 0.05) is 37.7 Å². The van der Waals surface area contributed by atoms with Crippen LogP contribution in [0.3, 0.4) is 0 Å². The topological polar surface area (TPSA) is 48.1 Å². The number of aromatic amines is 1. The van der Waals surface area contributed by atoms with Crippen molar-refractivity contribution < 1.29 is 4.79 Å². The molecule has 2 N–H and O–H groups in total. The summed E-state index contributed by atoms with van der Waals surface area (Å²) in [6, 6.07) is 8.10. The van der Waals surface area contributed by atoms with Gasteiger partial charge in [0.05, 0.1) is 6.04 Å². The number of nitrogens with one attached hydrogen (secondary N) is 2. The van der Waals surface area contributed by atoms with Crippen molar-refractivity contribution in [2.45, 2.75) is 32.9 Å². The number of fused-ring (bicyclic) bond motifs is 1. The quantitative estimate of drug-likeness (QED) is 0.858. The first-order valence-electron chi connectivity index (χ1n) is 7.48. The fourth-order valence-electron chi connectivity index (χ4n) is 2.57. The Balaban J connectivity index is 2.09. The summed E-state index contributed by atoms with van der Waals surface area (Å²) in [6.45, 7) is 4.98. The van der Waals surface area contributed by atoms with Crippen molar-refractivity contribution in [2.75, 3.05) is 14.1 Å². The van der Waals surface area contributed by atoms with Crippen molar-refractivity contribution in [1.82, 2.24) is 15.2 Å². The van der Waals surface area contributed by atoms with Crippen molar-refractivity contribution in [3.63, 3.8) is 0 Å². The van der Waals surface area contributed by atoms with Crippen LogP contribution in [-0.2, 0) is 11.3 Å². The molecule has 1 aromatic carbocycles. The SMILES string of the molecule is CC(C)CC(NCc1c[nH]c2ccccc12)C(=O)N(C)C. The molecule has 0 saturated heterocycles. The zero-order valence-electron chi connectivity index (χ0n) is 13.3. The molecule has 1 atom stereocenters. The second-order valence-electron chi connectivity index (χ2n) is 6.16. The summed E-state index contributed by atoms with van der Waals surface area (Å²) in [6.07, 6.45) is 2.86. The van der Waals surface area contributed by atoms with E-state index >= 15 is 0 Å². The molecule has 2 rings (SSSR count). The van der Waals surface area contributed by atoms with Gasteiger partial charge < -0.3 is 15.2 Å². The molecule has 0 aliphatic heterocycles. The van der Waals surface area contributed by atoms with E-state index in [1.807, 2.05) is 32.4 Å². The highest BCUT2D eigenvalue weighted by molar-refractivity contribution is 5.83. The van der Waals surface area contributed by atoms with E-state index in [1.165, 1.54) is 10.9 Å². The highest BCUT2D eigenvalue weighted by Gasteiger charge is 2.21. The van der Waals surface area contributed by atoms with Crippen LogP contribution in [-0.4, -0.2) is 35.9 Å². The van der Waals surface area contributed by atoms with Crippen LogP contribution in [0.2, 0.25) is 0 Å². The third-order valence-corrected chi connectivity index (χ3v) is 3.66. The van der Waals surface area contributed by atoms with Gasteiger partial charge >= 0.3 is 0 Å². The summed E-state index contributed by atoms with van der Waals surface area (Å²) in [5, 5.41) is 4.63. The van der Waals surface area contributed by atoms with Crippen molar-refractivity contribution in [1.29, 1.82) is 0 Å². The van der Waals surface area contributed by atoms with Crippen LogP contribution in [0.1, 0.15) is 25.8 Å². The number of benzene rings is 1. The maximum atomic E-state index is 12.3. The first-order valence-corrected chi connectivity index (χ1v) is 7.48. The normalized spacial score (nSPS) is 12.8. The minimum Gasteiger partial charge on any atom is -0.361 e. The van der Waals surface area contributed by atoms with E-state index in [0.29, 0.717) is 12.5 Å². The number of likely N-dealkylation sites (N-methyl/N-ethyl adjacent to an activating group) is 1. The Morgan fingerprint density at radius 1 is 1.29 bits per heavy atom. The van der Waals surface area contributed by atoms with Gasteiger partial charge in [0.1, 0.15) is 0 Å². The first-order chi connectivity index (χ1) is 9.99. The number of aromatic nitrogens is 1. The predicted molar refractivity (Wildman–Crippen MR) is 87.1 cm³/mol. The van der Waals surface area contributed by atoms with E-state index in [0.717, 1.165) is 11.9 Å². The van der Waals surface area contributed by atoms with Crippen LogP contribution in [0.5, 0.6) is 0 Å². The number of rotatable bonds is 6. The highest BCUT2D eigenvalue weighted by Crippen LogP contribution is 2.18. The Morgan fingerprint density at radius 2 is 2.00 bits per heavy atom. The molecule has 0 aliphatic rings. The standard InChI is InChI=1S/C17H25N3O/c1-12(2)9-16(17(21)20(3)4)19-11-13-10-18-15-8-6-5-7-14(13)15/h5-8,10,12,16,18-19H,9,11H2,1-4H3. The fourth-order valence-corrected chi connectivity index (χ4v) is 2.57. The summed E-state index contributed by atoms with van der Waals surface area (Å²) >= 11 is 0. The van der Waals surface area contributed by atoms with Crippen LogP contribution in [0.25, 0.3) is 10.9 Å². The molecule has 1 unspecified atom stereocenters. The number of H-pyrrole nitrogens is 1. The van der Waals surface area contributed by atoms with Crippen molar-refractivity contribution in [3.8, 4) is 0 Å². The van der Waals surface area contributed by atoms with E-state index in [4.69, 9.17) is 0 Å². The Bertz CT molecular complexity index is 601. The van der Waals surface area contributed by atoms with E-state index in [9.17, 15) is 4.79 Å². The van der Waals surface area contributed by atoms with Gasteiger partial charge in [0.15, 0.2) is 0 Å². The predicted octanol–water partition coefficient (Wildman–Crippen LogP) is 2.76. The number of nitrogens with zero attached hydrogens (tertiary/aromatic N) is 1. The Morgan fingerprint density at radius 3 is 2.67 bits per heavy atom. The molecular formula is C17H25N3O. The molecule has 1 heterocycles. The average molecular weight is 287 g/mol. The molecule has 1 amide bonds. The minimum atomic E-state index is -0.131. The Kier molecular flexibility index (Phi) is 5.02. The summed E-state index contributed by atoms with van der Waals surface area (Å²) < 4.78 is 0. The molecule has 21 heavy (non-hydrogen) atoms. The van der Waals surface area contributed by atoms with Gasteiger partial charge in [-0.1, -0.05) is 32.0 Å². The molecule has 0 fully saturated rings. The number of amides is 1. The van der Waals surface area contributed by atoms with Crippen molar-refractivity contribution >= 4 is 16.8 Å². The lowest BCUT2D eigenvalue weighted by Gasteiger charge is -2.23. The van der Waals surface area contributed by atoms with E-state index in [2.05, 4.69) is 36.3 Å². The van der Waals surface area contributed by atoms with E-state index < -0.39 is 0 Å². The Labute approximate surface area is 126 Å². The maximum Gasteiger partial charge on any atom is 0.239 e. The zero-order chi connectivity index (χ0) is 15.4. The zero-order valence-corrected chi connectivity index (χ0v) is 13.3. The molecule has 0 aliphatic carbocycles. The lowest BCUT2D eigenvalue weighted by molar-refractivity contribution is -0.131. The molecule has 0 saturated carbocycles. The monoisotopic (exact) mass is 287 g/mol. The van der Waals surface area contributed by atoms with Crippen molar-refractivity contribution in [2.24, 2.45) is 5.92 Å². The van der Waals surface area contributed by atoms with Gasteiger partial charge in [-0.15, -0.1) is 0 Å². The molecule has 4 heteroatoms. The first kappa shape index (κ1) is 15.6. The molecular weight excluding hydrogens is 262 g/mol. The largest absolute Gasteiger partial charge is 0.361 e. The second kappa shape index (κ2) is 6.76. The third kappa shape index (κ3) is 3.85. The fraction of sp³-hybridized carbons (Fsp3) is 0.471. The maximum absolute atomic E-state index is 12.3. The summed E-state index contributed by atoms with van der Waals surface area (Å²) in [7, 11) is 3.62. The van der Waals surface area contributed by atoms with Crippen LogP contribution in [0.15, 0.2) is 30.5 Å². The Hall–Kier alpha value is -1.81. The van der Waals surface area contributed by atoms with Gasteiger partial charge in [-0.3, -0.25) is 4.79 Å². The number of hydrogen-bond donors (Lipinski definition) is 2. The van der Waals surface area contributed by atoms with Crippen LogP contribution >= 0.6 is 0 Å². The lowest BCUT2D eigenvalue weighted by atomic mass is 10.0. The molecule has 0 spiro atoms. The van der Waals surface area contributed by atoms with E-state index in [-0.39, 0.29) is 11.9 Å². The number of carbonyl (C=O) groups is 1.